The van der Waals surface area contributed by atoms with Crippen molar-refractivity contribution in [3.05, 3.63) is 29.8 Å². The summed E-state index contributed by atoms with van der Waals surface area (Å²) in [6.45, 7) is 1.45. The van der Waals surface area contributed by atoms with Gasteiger partial charge < -0.3 is 20.8 Å². The number of carbonyl (C=O) groups is 1. The average Bonchev–Trinajstić information content (AvgIpc) is 2.39. The summed E-state index contributed by atoms with van der Waals surface area (Å²) in [4.78, 5) is 13.1. The van der Waals surface area contributed by atoms with Crippen LogP contribution in [0.1, 0.15) is 24.4 Å². The number of aliphatic hydroxyl groups excluding tert-OH is 1. The molecule has 0 spiro atoms. The monoisotopic (exact) mass is 250 g/mol. The van der Waals surface area contributed by atoms with Crippen LogP contribution in [-0.4, -0.2) is 35.4 Å². The fourth-order valence-electron chi connectivity index (χ4n) is 2.28. The number of aliphatic hydroxyl groups is 1. The highest BCUT2D eigenvalue weighted by Crippen LogP contribution is 2.27. The van der Waals surface area contributed by atoms with Gasteiger partial charge in [-0.15, -0.1) is 0 Å². The van der Waals surface area contributed by atoms with Gasteiger partial charge in [0.15, 0.2) is 0 Å². The van der Waals surface area contributed by atoms with Gasteiger partial charge in [-0.05, 0) is 18.9 Å². The predicted octanol–water partition coefficient (Wildman–Crippen LogP) is 0.732. The molecule has 1 saturated heterocycles. The van der Waals surface area contributed by atoms with Crippen molar-refractivity contribution in [2.24, 2.45) is 5.73 Å². The minimum atomic E-state index is -1.03. The van der Waals surface area contributed by atoms with Gasteiger partial charge in [-0.2, -0.15) is 0 Å². The van der Waals surface area contributed by atoms with Crippen LogP contribution in [0.4, 0.5) is 5.69 Å². The van der Waals surface area contributed by atoms with Crippen LogP contribution in [0.2, 0.25) is 0 Å². The van der Waals surface area contributed by atoms with Crippen LogP contribution < -0.4 is 10.6 Å². The van der Waals surface area contributed by atoms with Crippen LogP contribution in [-0.2, 0) is 4.79 Å². The molecule has 5 heteroatoms. The highest BCUT2D eigenvalue weighted by Gasteiger charge is 2.23. The summed E-state index contributed by atoms with van der Waals surface area (Å²) in [6, 6.07) is 6.29. The lowest BCUT2D eigenvalue weighted by Crippen LogP contribution is -2.37. The average molecular weight is 250 g/mol. The summed E-state index contributed by atoms with van der Waals surface area (Å²) in [5.74, 6) is -1.03. The molecule has 2 rings (SSSR count). The smallest absolute Gasteiger partial charge is 0.325 e. The normalized spacial score (nSPS) is 18.7. The minimum Gasteiger partial charge on any atom is -0.480 e. The third-order valence-corrected chi connectivity index (χ3v) is 3.34. The molecule has 1 fully saturated rings. The number of carboxylic acid groups (broad SMARTS) is 1. The van der Waals surface area contributed by atoms with E-state index in [4.69, 9.17) is 10.8 Å². The maximum Gasteiger partial charge on any atom is 0.325 e. The van der Waals surface area contributed by atoms with Crippen LogP contribution in [0.3, 0.4) is 0 Å². The Bertz CT molecular complexity index is 428. The van der Waals surface area contributed by atoms with Crippen LogP contribution in [0.25, 0.3) is 0 Å². The molecule has 1 heterocycles. The number of anilines is 1. The van der Waals surface area contributed by atoms with Crippen LogP contribution in [0.15, 0.2) is 24.3 Å². The van der Waals surface area contributed by atoms with E-state index in [1.165, 1.54) is 0 Å². The van der Waals surface area contributed by atoms with Crippen molar-refractivity contribution in [2.45, 2.75) is 25.0 Å². The summed E-state index contributed by atoms with van der Waals surface area (Å²) >= 11 is 0. The zero-order valence-corrected chi connectivity index (χ0v) is 10.1. The molecule has 1 aliphatic rings. The largest absolute Gasteiger partial charge is 0.480 e. The third kappa shape index (κ3) is 2.63. The van der Waals surface area contributed by atoms with E-state index >= 15 is 0 Å². The van der Waals surface area contributed by atoms with Crippen molar-refractivity contribution in [1.29, 1.82) is 0 Å². The lowest BCUT2D eigenvalue weighted by molar-refractivity contribution is -0.138. The number of aliphatic carboxylic acids is 1. The highest BCUT2D eigenvalue weighted by molar-refractivity contribution is 5.78. The fraction of sp³-hybridized carbons (Fsp3) is 0.462. The van der Waals surface area contributed by atoms with Gasteiger partial charge in [0.1, 0.15) is 6.04 Å². The molecule has 0 aromatic heterocycles. The van der Waals surface area contributed by atoms with Gasteiger partial charge in [0.25, 0.3) is 0 Å². The number of rotatable bonds is 3. The van der Waals surface area contributed by atoms with E-state index in [2.05, 4.69) is 4.90 Å². The molecule has 1 atom stereocenters. The second kappa shape index (κ2) is 5.37. The molecule has 0 bridgehead atoms. The van der Waals surface area contributed by atoms with Crippen LogP contribution in [0.5, 0.6) is 0 Å². The Morgan fingerprint density at radius 1 is 1.33 bits per heavy atom. The van der Waals surface area contributed by atoms with Gasteiger partial charge in [-0.1, -0.05) is 18.2 Å². The maximum atomic E-state index is 11.0. The van der Waals surface area contributed by atoms with Crippen molar-refractivity contribution in [3.63, 3.8) is 0 Å². The second-order valence-electron chi connectivity index (χ2n) is 4.59. The van der Waals surface area contributed by atoms with Crippen LogP contribution >= 0.6 is 0 Å². The Morgan fingerprint density at radius 3 is 2.56 bits per heavy atom. The van der Waals surface area contributed by atoms with Crippen molar-refractivity contribution >= 4 is 11.7 Å². The SMILES string of the molecule is N[C@H](C(=O)O)c1ccccc1N1CCC(O)CC1. The molecule has 98 valence electrons. The Labute approximate surface area is 106 Å². The molecule has 0 amide bonds. The van der Waals surface area contributed by atoms with E-state index in [0.29, 0.717) is 18.4 Å². The molecule has 1 aromatic carbocycles. The molecule has 0 aliphatic carbocycles. The van der Waals surface area contributed by atoms with E-state index in [-0.39, 0.29) is 6.10 Å². The molecule has 4 N–H and O–H groups in total. The number of piperidine rings is 1. The van der Waals surface area contributed by atoms with Gasteiger partial charge in [-0.3, -0.25) is 4.79 Å². The number of hydrogen-bond acceptors (Lipinski definition) is 4. The summed E-state index contributed by atoms with van der Waals surface area (Å²) < 4.78 is 0. The summed E-state index contributed by atoms with van der Waals surface area (Å²) in [5, 5.41) is 18.5. The second-order valence-corrected chi connectivity index (χ2v) is 4.59. The molecular formula is C13H18N2O3. The van der Waals surface area contributed by atoms with E-state index in [0.717, 1.165) is 18.8 Å². The van der Waals surface area contributed by atoms with Crippen LogP contribution in [0, 0.1) is 0 Å². The summed E-state index contributed by atoms with van der Waals surface area (Å²) in [5.41, 5.74) is 7.18. The van der Waals surface area contributed by atoms with E-state index in [1.54, 1.807) is 12.1 Å². The van der Waals surface area contributed by atoms with E-state index in [9.17, 15) is 9.90 Å². The van der Waals surface area contributed by atoms with Crippen molar-refractivity contribution < 1.29 is 15.0 Å². The van der Waals surface area contributed by atoms with Crippen molar-refractivity contribution in [3.8, 4) is 0 Å². The van der Waals surface area contributed by atoms with Gasteiger partial charge in [-0.25, -0.2) is 0 Å². The molecule has 1 aromatic rings. The zero-order chi connectivity index (χ0) is 13.1. The Kier molecular flexibility index (Phi) is 3.84. The molecule has 5 nitrogen and oxygen atoms in total. The summed E-state index contributed by atoms with van der Waals surface area (Å²) in [6.07, 6.45) is 1.16. The number of carboxylic acids is 1. The number of nitrogens with zero attached hydrogens (tertiary/aromatic N) is 1. The van der Waals surface area contributed by atoms with E-state index < -0.39 is 12.0 Å². The molecule has 18 heavy (non-hydrogen) atoms. The minimum absolute atomic E-state index is 0.249. The van der Waals surface area contributed by atoms with Gasteiger partial charge in [0.2, 0.25) is 0 Å². The quantitative estimate of drug-likeness (QED) is 0.736. The maximum absolute atomic E-state index is 11.0. The first-order chi connectivity index (χ1) is 8.59. The molecule has 0 unspecified atom stereocenters. The number of hydrogen-bond donors (Lipinski definition) is 3. The van der Waals surface area contributed by atoms with Crippen molar-refractivity contribution in [1.82, 2.24) is 0 Å². The van der Waals surface area contributed by atoms with Gasteiger partial charge in [0.05, 0.1) is 6.10 Å². The summed E-state index contributed by atoms with van der Waals surface area (Å²) in [7, 11) is 0. The Hall–Kier alpha value is -1.59. The molecule has 0 saturated carbocycles. The predicted molar refractivity (Wildman–Crippen MR) is 68.5 cm³/mol. The first kappa shape index (κ1) is 12.9. The van der Waals surface area contributed by atoms with Crippen molar-refractivity contribution in [2.75, 3.05) is 18.0 Å². The number of benzene rings is 1. The number of para-hydroxylation sites is 1. The van der Waals surface area contributed by atoms with Gasteiger partial charge in [0, 0.05) is 24.3 Å². The fourth-order valence-corrected chi connectivity index (χ4v) is 2.28. The molecule has 1 aliphatic heterocycles. The Balaban J connectivity index is 2.24. The Morgan fingerprint density at radius 2 is 1.94 bits per heavy atom. The standard InChI is InChI=1S/C13H18N2O3/c14-12(13(17)18)10-3-1-2-4-11(10)15-7-5-9(16)6-8-15/h1-4,9,12,16H,5-8,14H2,(H,17,18)/t12-/m0/s1. The topological polar surface area (TPSA) is 86.8 Å². The molecule has 0 radical (unpaired) electrons. The molecular weight excluding hydrogens is 232 g/mol. The van der Waals surface area contributed by atoms with Gasteiger partial charge >= 0.3 is 5.97 Å². The zero-order valence-electron chi connectivity index (χ0n) is 10.1. The lowest BCUT2D eigenvalue weighted by atomic mass is 10.0. The number of nitrogens with two attached hydrogens (primary N) is 1. The highest BCUT2D eigenvalue weighted by atomic mass is 16.4. The lowest BCUT2D eigenvalue weighted by Gasteiger charge is -2.33. The first-order valence-electron chi connectivity index (χ1n) is 6.10. The van der Waals surface area contributed by atoms with E-state index in [1.807, 2.05) is 12.1 Å². The third-order valence-electron chi connectivity index (χ3n) is 3.34. The first-order valence-corrected chi connectivity index (χ1v) is 6.10.